The number of ether oxygens (including phenoxy) is 1. The average molecular weight is 349 g/mol. The molecule has 0 saturated heterocycles. The van der Waals surface area contributed by atoms with Crippen molar-refractivity contribution in [1.82, 2.24) is 0 Å². The van der Waals surface area contributed by atoms with Gasteiger partial charge in [0.1, 0.15) is 17.3 Å². The number of carbonyl (C=O) groups is 1. The second-order valence-electron chi connectivity index (χ2n) is 5.12. The van der Waals surface area contributed by atoms with Gasteiger partial charge in [-0.2, -0.15) is 0 Å². The van der Waals surface area contributed by atoms with E-state index in [1.165, 1.54) is 6.07 Å². The van der Waals surface area contributed by atoms with E-state index in [2.05, 4.69) is 15.9 Å². The van der Waals surface area contributed by atoms with Crippen molar-refractivity contribution in [3.8, 4) is 5.75 Å². The van der Waals surface area contributed by atoms with Gasteiger partial charge in [0.25, 0.3) is 0 Å². The van der Waals surface area contributed by atoms with Gasteiger partial charge in [0.05, 0.1) is 11.1 Å². The molecule has 3 rings (SSSR count). The van der Waals surface area contributed by atoms with E-state index in [1.807, 2.05) is 24.3 Å². The van der Waals surface area contributed by atoms with Crippen LogP contribution in [-0.4, -0.2) is 12.4 Å². The molecule has 0 saturated carbocycles. The van der Waals surface area contributed by atoms with E-state index in [0.29, 0.717) is 23.9 Å². The Kier molecular flexibility index (Phi) is 4.06. The van der Waals surface area contributed by atoms with Gasteiger partial charge >= 0.3 is 0 Å². The number of ketones is 1. The molecule has 0 radical (unpaired) electrons. The topological polar surface area (TPSA) is 26.3 Å². The van der Waals surface area contributed by atoms with Crippen LogP contribution in [0.25, 0.3) is 0 Å². The zero-order valence-corrected chi connectivity index (χ0v) is 12.9. The Morgan fingerprint density at radius 3 is 2.90 bits per heavy atom. The molecule has 1 aliphatic rings. The molecular weight excluding hydrogens is 335 g/mol. The van der Waals surface area contributed by atoms with Crippen LogP contribution in [0.3, 0.4) is 0 Å². The van der Waals surface area contributed by atoms with E-state index in [1.54, 1.807) is 12.1 Å². The number of hydrogen-bond donors (Lipinski definition) is 0. The summed E-state index contributed by atoms with van der Waals surface area (Å²) in [5.41, 5.74) is 1.77. The fraction of sp³-hybridized carbons (Fsp3) is 0.235. The van der Waals surface area contributed by atoms with Gasteiger partial charge in [-0.25, -0.2) is 4.39 Å². The van der Waals surface area contributed by atoms with Crippen molar-refractivity contribution in [3.63, 3.8) is 0 Å². The predicted octanol–water partition coefficient (Wildman–Crippen LogP) is 4.27. The first-order valence-corrected chi connectivity index (χ1v) is 7.63. The molecule has 1 aliphatic heterocycles. The minimum atomic E-state index is -0.317. The maximum absolute atomic E-state index is 13.2. The third kappa shape index (κ3) is 3.00. The van der Waals surface area contributed by atoms with Crippen molar-refractivity contribution in [2.75, 3.05) is 6.61 Å². The van der Waals surface area contributed by atoms with Gasteiger partial charge in [-0.1, -0.05) is 24.3 Å². The van der Waals surface area contributed by atoms with Crippen molar-refractivity contribution < 1.29 is 13.9 Å². The maximum Gasteiger partial charge on any atom is 0.144 e. The van der Waals surface area contributed by atoms with Crippen molar-refractivity contribution in [2.24, 2.45) is 0 Å². The average Bonchev–Trinajstić information content (AvgIpc) is 2.50. The molecule has 2 aromatic carbocycles. The molecule has 0 fully saturated rings. The summed E-state index contributed by atoms with van der Waals surface area (Å²) < 4.78 is 19.2. The van der Waals surface area contributed by atoms with E-state index in [0.717, 1.165) is 16.9 Å². The number of para-hydroxylation sites is 1. The highest BCUT2D eigenvalue weighted by Crippen LogP contribution is 2.34. The molecule has 108 valence electrons. The summed E-state index contributed by atoms with van der Waals surface area (Å²) >= 11 is 3.15. The Balaban J connectivity index is 1.81. The van der Waals surface area contributed by atoms with Crippen LogP contribution >= 0.6 is 15.9 Å². The minimum absolute atomic E-state index is 0.140. The Labute approximate surface area is 131 Å². The minimum Gasteiger partial charge on any atom is -0.493 e. The summed E-state index contributed by atoms with van der Waals surface area (Å²) in [6.45, 7) is 0.556. The first-order chi connectivity index (χ1) is 10.1. The van der Waals surface area contributed by atoms with Crippen LogP contribution in [-0.2, 0) is 11.2 Å². The van der Waals surface area contributed by atoms with Crippen molar-refractivity contribution in [1.29, 1.82) is 0 Å². The largest absolute Gasteiger partial charge is 0.493 e. The van der Waals surface area contributed by atoms with Gasteiger partial charge in [-0.3, -0.25) is 4.79 Å². The lowest BCUT2D eigenvalue weighted by atomic mass is 9.87. The zero-order chi connectivity index (χ0) is 14.8. The van der Waals surface area contributed by atoms with E-state index >= 15 is 0 Å². The SMILES string of the molecule is O=C(Cc1ccc(F)c(Br)c1)C1CCOc2ccccc21. The number of hydrogen-bond acceptors (Lipinski definition) is 2. The predicted molar refractivity (Wildman–Crippen MR) is 82.1 cm³/mol. The number of carbonyl (C=O) groups excluding carboxylic acids is 1. The normalized spacial score (nSPS) is 17.0. The molecule has 0 bridgehead atoms. The Hall–Kier alpha value is -1.68. The molecule has 1 unspecified atom stereocenters. The third-order valence-electron chi connectivity index (χ3n) is 3.71. The van der Waals surface area contributed by atoms with E-state index in [4.69, 9.17) is 4.74 Å². The molecule has 1 atom stereocenters. The van der Waals surface area contributed by atoms with Crippen LogP contribution in [0, 0.1) is 5.82 Å². The zero-order valence-electron chi connectivity index (χ0n) is 11.3. The van der Waals surface area contributed by atoms with Gasteiger partial charge in [0.15, 0.2) is 0 Å². The lowest BCUT2D eigenvalue weighted by molar-refractivity contribution is -0.120. The van der Waals surface area contributed by atoms with Crippen molar-refractivity contribution in [2.45, 2.75) is 18.8 Å². The Bertz CT molecular complexity index is 684. The molecule has 2 aromatic rings. The molecule has 0 amide bonds. The van der Waals surface area contributed by atoms with Gasteiger partial charge in [0.2, 0.25) is 0 Å². The molecule has 0 aliphatic carbocycles. The monoisotopic (exact) mass is 348 g/mol. The standard InChI is InChI=1S/C17H14BrFO2/c18-14-9-11(5-6-15(14)19)10-16(20)12-7-8-21-17-4-2-1-3-13(12)17/h1-6,9,12H,7-8,10H2. The molecule has 2 nitrogen and oxygen atoms in total. The number of Topliss-reactive ketones (excluding diaryl/α,β-unsaturated/α-hetero) is 1. The maximum atomic E-state index is 13.2. The highest BCUT2D eigenvalue weighted by atomic mass is 79.9. The van der Waals surface area contributed by atoms with Gasteiger partial charge < -0.3 is 4.74 Å². The van der Waals surface area contributed by atoms with E-state index in [-0.39, 0.29) is 17.5 Å². The summed E-state index contributed by atoms with van der Waals surface area (Å²) in [5.74, 6) is 0.480. The van der Waals surface area contributed by atoms with Gasteiger partial charge in [0, 0.05) is 17.9 Å². The second kappa shape index (κ2) is 5.98. The van der Waals surface area contributed by atoms with Gasteiger partial charge in [-0.15, -0.1) is 0 Å². The lowest BCUT2D eigenvalue weighted by Crippen LogP contribution is -2.22. The van der Waals surface area contributed by atoms with Crippen LogP contribution in [0.15, 0.2) is 46.9 Å². The van der Waals surface area contributed by atoms with Crippen LogP contribution in [0.1, 0.15) is 23.5 Å². The summed E-state index contributed by atoms with van der Waals surface area (Å²) in [7, 11) is 0. The summed E-state index contributed by atoms with van der Waals surface area (Å²) in [4.78, 5) is 12.6. The smallest absolute Gasteiger partial charge is 0.144 e. The van der Waals surface area contributed by atoms with Crippen molar-refractivity contribution >= 4 is 21.7 Å². The molecule has 0 N–H and O–H groups in total. The van der Waals surface area contributed by atoms with E-state index in [9.17, 15) is 9.18 Å². The molecule has 4 heteroatoms. The second-order valence-corrected chi connectivity index (χ2v) is 5.97. The quantitative estimate of drug-likeness (QED) is 0.827. The summed E-state index contributed by atoms with van der Waals surface area (Å²) in [5, 5.41) is 0. The van der Waals surface area contributed by atoms with E-state index < -0.39 is 0 Å². The number of rotatable bonds is 3. The highest BCUT2D eigenvalue weighted by molar-refractivity contribution is 9.10. The summed E-state index contributed by atoms with van der Waals surface area (Å²) in [6.07, 6.45) is 0.996. The summed E-state index contributed by atoms with van der Waals surface area (Å²) in [6, 6.07) is 12.4. The number of fused-ring (bicyclic) bond motifs is 1. The van der Waals surface area contributed by atoms with Crippen LogP contribution in [0.4, 0.5) is 4.39 Å². The van der Waals surface area contributed by atoms with Crippen LogP contribution < -0.4 is 4.74 Å². The number of benzene rings is 2. The number of halogens is 2. The van der Waals surface area contributed by atoms with Crippen LogP contribution in [0.2, 0.25) is 0 Å². The highest BCUT2D eigenvalue weighted by Gasteiger charge is 2.27. The Morgan fingerprint density at radius 1 is 1.29 bits per heavy atom. The molecule has 0 aromatic heterocycles. The molecular formula is C17H14BrFO2. The lowest BCUT2D eigenvalue weighted by Gasteiger charge is -2.24. The third-order valence-corrected chi connectivity index (χ3v) is 4.32. The molecule has 21 heavy (non-hydrogen) atoms. The Morgan fingerprint density at radius 2 is 2.10 bits per heavy atom. The molecule has 1 heterocycles. The first-order valence-electron chi connectivity index (χ1n) is 6.83. The first kappa shape index (κ1) is 14.3. The fourth-order valence-corrected chi connectivity index (χ4v) is 3.08. The fourth-order valence-electron chi connectivity index (χ4n) is 2.65. The van der Waals surface area contributed by atoms with Crippen LogP contribution in [0.5, 0.6) is 5.75 Å². The van der Waals surface area contributed by atoms with Gasteiger partial charge in [-0.05, 0) is 46.1 Å². The van der Waals surface area contributed by atoms with Crippen molar-refractivity contribution in [3.05, 3.63) is 63.9 Å². The molecule has 0 spiro atoms.